The molecule has 0 saturated heterocycles. The Morgan fingerprint density at radius 3 is 2.78 bits per heavy atom. The molecule has 0 spiro atoms. The van der Waals surface area contributed by atoms with E-state index in [4.69, 9.17) is 10.5 Å². The minimum absolute atomic E-state index is 0.153. The summed E-state index contributed by atoms with van der Waals surface area (Å²) in [4.78, 5) is 0. The van der Waals surface area contributed by atoms with Gasteiger partial charge in [0.05, 0.1) is 5.69 Å². The molecule has 0 amide bonds. The van der Waals surface area contributed by atoms with Gasteiger partial charge in [-0.3, -0.25) is 0 Å². The number of hydrogen-bond donors (Lipinski definition) is 1. The van der Waals surface area contributed by atoms with E-state index in [1.807, 2.05) is 19.1 Å². The highest BCUT2D eigenvalue weighted by Gasteiger charge is 2.07. The van der Waals surface area contributed by atoms with Gasteiger partial charge in [-0.2, -0.15) is 0 Å². The number of rotatable bonds is 3. The second-order valence-electron chi connectivity index (χ2n) is 4.02. The molecule has 2 nitrogen and oxygen atoms in total. The van der Waals surface area contributed by atoms with Crippen LogP contribution >= 0.6 is 15.9 Å². The van der Waals surface area contributed by atoms with Crippen molar-refractivity contribution in [3.05, 3.63) is 57.8 Å². The van der Waals surface area contributed by atoms with Gasteiger partial charge >= 0.3 is 0 Å². The molecule has 2 N–H and O–H groups in total. The van der Waals surface area contributed by atoms with E-state index in [1.165, 1.54) is 6.07 Å². The van der Waals surface area contributed by atoms with Crippen molar-refractivity contribution in [1.82, 2.24) is 0 Å². The summed E-state index contributed by atoms with van der Waals surface area (Å²) in [5.41, 5.74) is 7.81. The molecule has 0 saturated carbocycles. The zero-order valence-corrected chi connectivity index (χ0v) is 11.5. The van der Waals surface area contributed by atoms with Crippen LogP contribution < -0.4 is 10.5 Å². The number of aryl methyl sites for hydroxylation is 1. The molecular weight excluding hydrogens is 297 g/mol. The third kappa shape index (κ3) is 2.82. The SMILES string of the molecule is Cc1cccc(N)c1OCc1cc(Br)ccc1F. The summed E-state index contributed by atoms with van der Waals surface area (Å²) >= 11 is 3.30. The fourth-order valence-electron chi connectivity index (χ4n) is 1.68. The van der Waals surface area contributed by atoms with Gasteiger partial charge in [0, 0.05) is 10.0 Å². The quantitative estimate of drug-likeness (QED) is 0.868. The molecule has 0 atom stereocenters. The van der Waals surface area contributed by atoms with E-state index in [2.05, 4.69) is 15.9 Å². The van der Waals surface area contributed by atoms with E-state index in [9.17, 15) is 4.39 Å². The van der Waals surface area contributed by atoms with E-state index in [-0.39, 0.29) is 12.4 Å². The fraction of sp³-hybridized carbons (Fsp3) is 0.143. The van der Waals surface area contributed by atoms with Crippen LogP contribution in [0.3, 0.4) is 0 Å². The van der Waals surface area contributed by atoms with E-state index in [0.29, 0.717) is 17.0 Å². The molecule has 0 fully saturated rings. The number of ether oxygens (including phenoxy) is 1. The maximum absolute atomic E-state index is 13.5. The number of hydrogen-bond acceptors (Lipinski definition) is 2. The number of halogens is 2. The summed E-state index contributed by atoms with van der Waals surface area (Å²) in [7, 11) is 0. The average Bonchev–Trinajstić information content (AvgIpc) is 2.33. The van der Waals surface area contributed by atoms with Crippen molar-refractivity contribution >= 4 is 21.6 Å². The Kier molecular flexibility index (Phi) is 3.87. The lowest BCUT2D eigenvalue weighted by Crippen LogP contribution is -2.02. The van der Waals surface area contributed by atoms with Gasteiger partial charge in [-0.25, -0.2) is 4.39 Å². The van der Waals surface area contributed by atoms with E-state index < -0.39 is 0 Å². The van der Waals surface area contributed by atoms with Crippen LogP contribution in [0, 0.1) is 12.7 Å². The molecular formula is C14H13BrFNO. The predicted octanol–water partition coefficient (Wildman–Crippen LogP) is 4.06. The first-order chi connectivity index (χ1) is 8.58. The number of nitrogen functional groups attached to an aromatic ring is 1. The minimum atomic E-state index is -0.287. The van der Waals surface area contributed by atoms with Crippen molar-refractivity contribution in [3.63, 3.8) is 0 Å². The fourth-order valence-corrected chi connectivity index (χ4v) is 2.08. The zero-order valence-electron chi connectivity index (χ0n) is 9.91. The number of anilines is 1. The number of benzene rings is 2. The first-order valence-corrected chi connectivity index (χ1v) is 6.29. The Balaban J connectivity index is 2.19. The van der Waals surface area contributed by atoms with Gasteiger partial charge in [0.15, 0.2) is 0 Å². The van der Waals surface area contributed by atoms with Crippen molar-refractivity contribution in [3.8, 4) is 5.75 Å². The van der Waals surface area contributed by atoms with Gasteiger partial charge in [-0.15, -0.1) is 0 Å². The minimum Gasteiger partial charge on any atom is -0.486 e. The summed E-state index contributed by atoms with van der Waals surface area (Å²) in [5, 5.41) is 0. The Morgan fingerprint density at radius 2 is 2.06 bits per heavy atom. The van der Waals surface area contributed by atoms with Gasteiger partial charge < -0.3 is 10.5 Å². The molecule has 0 aliphatic carbocycles. The van der Waals surface area contributed by atoms with E-state index >= 15 is 0 Å². The highest BCUT2D eigenvalue weighted by molar-refractivity contribution is 9.10. The normalized spacial score (nSPS) is 10.4. The van der Waals surface area contributed by atoms with Crippen LogP contribution in [0.1, 0.15) is 11.1 Å². The molecule has 0 aliphatic rings. The van der Waals surface area contributed by atoms with Gasteiger partial charge in [-0.05, 0) is 36.8 Å². The second kappa shape index (κ2) is 5.40. The van der Waals surface area contributed by atoms with Crippen molar-refractivity contribution in [2.75, 3.05) is 5.73 Å². The lowest BCUT2D eigenvalue weighted by molar-refractivity contribution is 0.299. The van der Waals surface area contributed by atoms with Crippen LogP contribution in [0.2, 0.25) is 0 Å². The monoisotopic (exact) mass is 309 g/mol. The summed E-state index contributed by atoms with van der Waals surface area (Å²) < 4.78 is 20.0. The standard InChI is InChI=1S/C14H13BrFNO/c1-9-3-2-4-13(17)14(9)18-8-10-7-11(15)5-6-12(10)16/h2-7H,8,17H2,1H3. The van der Waals surface area contributed by atoms with E-state index in [1.54, 1.807) is 18.2 Å². The van der Waals surface area contributed by atoms with Gasteiger partial charge in [0.25, 0.3) is 0 Å². The highest BCUT2D eigenvalue weighted by Crippen LogP contribution is 2.27. The van der Waals surface area contributed by atoms with Gasteiger partial charge in [-0.1, -0.05) is 28.1 Å². The zero-order chi connectivity index (χ0) is 13.1. The topological polar surface area (TPSA) is 35.2 Å². The molecule has 0 heterocycles. The number of nitrogens with two attached hydrogens (primary N) is 1. The molecule has 0 aromatic heterocycles. The molecule has 2 aromatic carbocycles. The van der Waals surface area contributed by atoms with Crippen molar-refractivity contribution < 1.29 is 9.13 Å². The molecule has 0 bridgehead atoms. The smallest absolute Gasteiger partial charge is 0.145 e. The van der Waals surface area contributed by atoms with Crippen LogP contribution in [0.5, 0.6) is 5.75 Å². The van der Waals surface area contributed by atoms with Crippen LogP contribution in [0.15, 0.2) is 40.9 Å². The Hall–Kier alpha value is -1.55. The largest absolute Gasteiger partial charge is 0.486 e. The lowest BCUT2D eigenvalue weighted by Gasteiger charge is -2.12. The Bertz CT molecular complexity index is 551. The maximum atomic E-state index is 13.5. The van der Waals surface area contributed by atoms with E-state index in [0.717, 1.165) is 10.0 Å². The third-order valence-corrected chi connectivity index (χ3v) is 3.12. The predicted molar refractivity (Wildman–Crippen MR) is 74.0 cm³/mol. The molecule has 4 heteroatoms. The van der Waals surface area contributed by atoms with Crippen LogP contribution in [-0.2, 0) is 6.61 Å². The Morgan fingerprint density at radius 1 is 1.28 bits per heavy atom. The number of para-hydroxylation sites is 1. The van der Waals surface area contributed by atoms with Crippen molar-refractivity contribution in [2.24, 2.45) is 0 Å². The summed E-state index contributed by atoms with van der Waals surface area (Å²) in [6.07, 6.45) is 0. The average molecular weight is 310 g/mol. The van der Waals surface area contributed by atoms with Gasteiger partial charge in [0.1, 0.15) is 18.2 Å². The van der Waals surface area contributed by atoms with Gasteiger partial charge in [0.2, 0.25) is 0 Å². The first-order valence-electron chi connectivity index (χ1n) is 5.50. The summed E-state index contributed by atoms with van der Waals surface area (Å²) in [5.74, 6) is 0.322. The molecule has 2 aromatic rings. The molecule has 94 valence electrons. The van der Waals surface area contributed by atoms with Crippen LogP contribution in [0.4, 0.5) is 10.1 Å². The van der Waals surface area contributed by atoms with Crippen molar-refractivity contribution in [1.29, 1.82) is 0 Å². The third-order valence-electron chi connectivity index (χ3n) is 2.62. The molecule has 2 rings (SSSR count). The lowest BCUT2D eigenvalue weighted by atomic mass is 10.2. The molecule has 18 heavy (non-hydrogen) atoms. The second-order valence-corrected chi connectivity index (χ2v) is 4.93. The maximum Gasteiger partial charge on any atom is 0.145 e. The summed E-state index contributed by atoms with van der Waals surface area (Å²) in [6.45, 7) is 2.06. The highest BCUT2D eigenvalue weighted by atomic mass is 79.9. The van der Waals surface area contributed by atoms with Crippen LogP contribution in [-0.4, -0.2) is 0 Å². The first kappa shape index (κ1) is 12.9. The molecule has 0 unspecified atom stereocenters. The Labute approximate surface area is 114 Å². The molecule has 0 radical (unpaired) electrons. The van der Waals surface area contributed by atoms with Crippen molar-refractivity contribution in [2.45, 2.75) is 13.5 Å². The summed E-state index contributed by atoms with van der Waals surface area (Å²) in [6, 6.07) is 10.3. The molecule has 0 aliphatic heterocycles. The van der Waals surface area contributed by atoms with Crippen LogP contribution in [0.25, 0.3) is 0 Å².